The number of fused-ring (bicyclic) bond motifs is 1. The van der Waals surface area contributed by atoms with Gasteiger partial charge in [0.15, 0.2) is 5.01 Å². The second-order valence-corrected chi connectivity index (χ2v) is 6.81. The first kappa shape index (κ1) is 15.0. The van der Waals surface area contributed by atoms with Gasteiger partial charge in [-0.05, 0) is 25.1 Å². The summed E-state index contributed by atoms with van der Waals surface area (Å²) in [6, 6.07) is 11.5. The predicted molar refractivity (Wildman–Crippen MR) is 91.3 cm³/mol. The summed E-state index contributed by atoms with van der Waals surface area (Å²) in [6.07, 6.45) is 0.729. The molecule has 1 aliphatic heterocycles. The quantitative estimate of drug-likeness (QED) is 0.733. The van der Waals surface area contributed by atoms with E-state index in [1.807, 2.05) is 37.3 Å². The van der Waals surface area contributed by atoms with Crippen molar-refractivity contribution in [3.8, 4) is 5.88 Å². The third kappa shape index (κ3) is 2.94. The minimum Gasteiger partial charge on any atom is -0.471 e. The van der Waals surface area contributed by atoms with Gasteiger partial charge < -0.3 is 9.64 Å². The van der Waals surface area contributed by atoms with Crippen LogP contribution in [0.2, 0.25) is 0 Å². The molecule has 0 N–H and O–H groups in total. The van der Waals surface area contributed by atoms with E-state index in [2.05, 4.69) is 15.2 Å². The summed E-state index contributed by atoms with van der Waals surface area (Å²) in [6.45, 7) is 3.09. The van der Waals surface area contributed by atoms with Gasteiger partial charge in [-0.15, -0.1) is 16.4 Å². The van der Waals surface area contributed by atoms with Gasteiger partial charge in [-0.3, -0.25) is 4.79 Å². The Morgan fingerprint density at radius 1 is 1.25 bits per heavy atom. The molecule has 7 heteroatoms. The molecule has 3 heterocycles. The number of rotatable bonds is 3. The van der Waals surface area contributed by atoms with Gasteiger partial charge in [0.2, 0.25) is 5.88 Å². The molecule has 0 unspecified atom stereocenters. The number of hydrogen-bond acceptors (Lipinski definition) is 6. The number of ether oxygens (including phenoxy) is 1. The van der Waals surface area contributed by atoms with Gasteiger partial charge in [-0.1, -0.05) is 12.1 Å². The highest BCUT2D eigenvalue weighted by molar-refractivity contribution is 7.20. The molecule has 0 saturated carbocycles. The maximum absolute atomic E-state index is 12.6. The fourth-order valence-electron chi connectivity index (χ4n) is 2.73. The number of likely N-dealkylation sites (tertiary alicyclic amines) is 1. The second-order valence-electron chi connectivity index (χ2n) is 5.78. The normalized spacial score (nSPS) is 17.4. The molecular formula is C17H16N4O2S. The van der Waals surface area contributed by atoms with Crippen LogP contribution < -0.4 is 4.74 Å². The summed E-state index contributed by atoms with van der Waals surface area (Å²) < 4.78 is 6.85. The zero-order valence-corrected chi connectivity index (χ0v) is 14.0. The van der Waals surface area contributed by atoms with Crippen LogP contribution in [0.1, 0.15) is 21.9 Å². The molecule has 1 saturated heterocycles. The fraction of sp³-hybridized carbons (Fsp3) is 0.294. The van der Waals surface area contributed by atoms with Crippen molar-refractivity contribution < 1.29 is 9.53 Å². The molecule has 3 aromatic rings. The molecular weight excluding hydrogens is 324 g/mol. The van der Waals surface area contributed by atoms with Crippen LogP contribution in [0.3, 0.4) is 0 Å². The van der Waals surface area contributed by atoms with Crippen LogP contribution in [0.25, 0.3) is 10.2 Å². The summed E-state index contributed by atoms with van der Waals surface area (Å²) in [5.41, 5.74) is 1.72. The number of para-hydroxylation sites is 1. The van der Waals surface area contributed by atoms with Crippen LogP contribution in [0.15, 0.2) is 36.4 Å². The zero-order valence-electron chi connectivity index (χ0n) is 13.2. The van der Waals surface area contributed by atoms with Gasteiger partial charge in [0.25, 0.3) is 5.91 Å². The van der Waals surface area contributed by atoms with E-state index in [0.29, 0.717) is 24.0 Å². The second kappa shape index (κ2) is 6.16. The molecule has 2 aromatic heterocycles. The molecule has 0 aliphatic carbocycles. The average Bonchev–Trinajstić information content (AvgIpc) is 3.23. The zero-order chi connectivity index (χ0) is 16.5. The topological polar surface area (TPSA) is 68.2 Å². The van der Waals surface area contributed by atoms with Gasteiger partial charge in [0, 0.05) is 19.0 Å². The molecule has 1 amide bonds. The first-order valence-electron chi connectivity index (χ1n) is 7.81. The van der Waals surface area contributed by atoms with Crippen LogP contribution in [-0.4, -0.2) is 45.2 Å². The lowest BCUT2D eigenvalue weighted by Gasteiger charge is -2.15. The molecule has 0 radical (unpaired) electrons. The number of benzene rings is 1. The number of hydrogen-bond donors (Lipinski definition) is 0. The Labute approximate surface area is 143 Å². The summed E-state index contributed by atoms with van der Waals surface area (Å²) in [7, 11) is 0. The van der Waals surface area contributed by atoms with Crippen molar-refractivity contribution in [3.63, 3.8) is 0 Å². The van der Waals surface area contributed by atoms with E-state index >= 15 is 0 Å². The number of carbonyl (C=O) groups is 1. The van der Waals surface area contributed by atoms with Crippen molar-refractivity contribution in [3.05, 3.63) is 47.1 Å². The highest BCUT2D eigenvalue weighted by Gasteiger charge is 2.30. The minimum absolute atomic E-state index is 0.0303. The minimum atomic E-state index is -0.0552. The molecule has 122 valence electrons. The van der Waals surface area contributed by atoms with E-state index in [-0.39, 0.29) is 12.0 Å². The Morgan fingerprint density at radius 2 is 2.12 bits per heavy atom. The number of aryl methyl sites for hydroxylation is 1. The number of thiazole rings is 1. The Kier molecular flexibility index (Phi) is 3.86. The average molecular weight is 340 g/mol. The van der Waals surface area contributed by atoms with Gasteiger partial charge in [-0.25, -0.2) is 4.98 Å². The van der Waals surface area contributed by atoms with E-state index in [1.54, 1.807) is 11.0 Å². The Bertz CT molecular complexity index is 845. The van der Waals surface area contributed by atoms with Crippen LogP contribution in [0, 0.1) is 6.92 Å². The molecule has 6 nitrogen and oxygen atoms in total. The van der Waals surface area contributed by atoms with Crippen molar-refractivity contribution in [2.24, 2.45) is 0 Å². The largest absolute Gasteiger partial charge is 0.471 e. The molecule has 0 bridgehead atoms. The molecule has 24 heavy (non-hydrogen) atoms. The molecule has 4 rings (SSSR count). The SMILES string of the molecule is Cc1ccc(O[C@@H]2CCN(C(=O)c3nc4ccccc4s3)C2)nn1. The maximum Gasteiger partial charge on any atom is 0.283 e. The van der Waals surface area contributed by atoms with Gasteiger partial charge in [-0.2, -0.15) is 5.10 Å². The smallest absolute Gasteiger partial charge is 0.283 e. The summed E-state index contributed by atoms with van der Waals surface area (Å²) in [4.78, 5) is 18.9. The highest BCUT2D eigenvalue weighted by atomic mass is 32.1. The number of nitrogens with zero attached hydrogens (tertiary/aromatic N) is 4. The Hall–Kier alpha value is -2.54. The first-order chi connectivity index (χ1) is 11.7. The Balaban J connectivity index is 1.44. The van der Waals surface area contributed by atoms with Crippen LogP contribution in [0.4, 0.5) is 0 Å². The number of carbonyl (C=O) groups excluding carboxylic acids is 1. The van der Waals surface area contributed by atoms with Crippen molar-refractivity contribution in [2.75, 3.05) is 13.1 Å². The molecule has 1 aromatic carbocycles. The van der Waals surface area contributed by atoms with E-state index in [1.165, 1.54) is 11.3 Å². The van der Waals surface area contributed by atoms with Gasteiger partial charge in [0.05, 0.1) is 22.5 Å². The van der Waals surface area contributed by atoms with Crippen molar-refractivity contribution in [1.29, 1.82) is 0 Å². The standard InChI is InChI=1S/C17H16N4O2S/c1-11-6-7-15(20-19-11)23-12-8-9-21(10-12)17(22)16-18-13-4-2-3-5-14(13)24-16/h2-7,12H,8-10H2,1H3/t12-/m1/s1. The number of aromatic nitrogens is 3. The number of amides is 1. The monoisotopic (exact) mass is 340 g/mol. The van der Waals surface area contributed by atoms with E-state index in [9.17, 15) is 4.79 Å². The predicted octanol–water partition coefficient (Wildman–Crippen LogP) is 2.69. The maximum atomic E-state index is 12.6. The van der Waals surface area contributed by atoms with E-state index in [4.69, 9.17) is 4.74 Å². The summed E-state index contributed by atoms with van der Waals surface area (Å²) >= 11 is 1.43. The van der Waals surface area contributed by atoms with E-state index in [0.717, 1.165) is 22.3 Å². The lowest BCUT2D eigenvalue weighted by atomic mass is 10.3. The van der Waals surface area contributed by atoms with Crippen molar-refractivity contribution in [2.45, 2.75) is 19.4 Å². The fourth-order valence-corrected chi connectivity index (χ4v) is 3.66. The first-order valence-corrected chi connectivity index (χ1v) is 8.62. The molecule has 1 aliphatic rings. The third-order valence-corrected chi connectivity index (χ3v) is 4.99. The third-order valence-electron chi connectivity index (χ3n) is 3.97. The van der Waals surface area contributed by atoms with Crippen molar-refractivity contribution >= 4 is 27.5 Å². The Morgan fingerprint density at radius 3 is 2.92 bits per heavy atom. The van der Waals surface area contributed by atoms with Gasteiger partial charge in [0.1, 0.15) is 6.10 Å². The highest BCUT2D eigenvalue weighted by Crippen LogP contribution is 2.24. The molecule has 0 spiro atoms. The van der Waals surface area contributed by atoms with Gasteiger partial charge >= 0.3 is 0 Å². The molecule has 1 fully saturated rings. The summed E-state index contributed by atoms with van der Waals surface area (Å²) in [5.74, 6) is 0.470. The lowest BCUT2D eigenvalue weighted by Crippen LogP contribution is -2.31. The van der Waals surface area contributed by atoms with Crippen molar-refractivity contribution in [1.82, 2.24) is 20.1 Å². The molecule has 1 atom stereocenters. The van der Waals surface area contributed by atoms with E-state index < -0.39 is 0 Å². The van der Waals surface area contributed by atoms with Crippen LogP contribution in [-0.2, 0) is 0 Å². The van der Waals surface area contributed by atoms with Crippen LogP contribution in [0.5, 0.6) is 5.88 Å². The van der Waals surface area contributed by atoms with Crippen LogP contribution >= 0.6 is 11.3 Å². The summed E-state index contributed by atoms with van der Waals surface area (Å²) in [5, 5.41) is 8.53. The lowest BCUT2D eigenvalue weighted by molar-refractivity contribution is 0.0771.